The lowest BCUT2D eigenvalue weighted by Gasteiger charge is -2.24. The number of amides is 1. The fourth-order valence-corrected chi connectivity index (χ4v) is 1.83. The molecule has 1 amide bonds. The fraction of sp³-hybridized carbons (Fsp3) is 0.929. The number of unbranched alkanes of at least 4 members (excludes halogenated alkanes) is 5. The maximum atomic E-state index is 11.6. The number of carbonyl (C=O) groups is 1. The van der Waals surface area contributed by atoms with Crippen LogP contribution in [-0.4, -0.2) is 69.0 Å². The van der Waals surface area contributed by atoms with E-state index in [0.29, 0.717) is 13.4 Å². The van der Waals surface area contributed by atoms with Crippen molar-refractivity contribution in [1.82, 2.24) is 5.32 Å². The maximum Gasteiger partial charge on any atom is 0.251 e. The molecule has 0 radical (unpaired) electrons. The molecule has 0 heterocycles. The molecule has 0 aromatic carbocycles. The van der Waals surface area contributed by atoms with Crippen LogP contribution in [0.15, 0.2) is 0 Å². The predicted molar refractivity (Wildman–Crippen MR) is 77.5 cm³/mol. The SMILES string of the molecule is [2H]CCCCCCCCNC(=O)[C@H](O)[C@@H](O)[C@H](O)[C@H](O)CO. The largest absolute Gasteiger partial charge is 0.394 e. The third-order valence-corrected chi connectivity index (χ3v) is 3.25. The minimum atomic E-state index is -1.87. The molecule has 0 aliphatic rings. The third-order valence-electron chi connectivity index (χ3n) is 3.25. The van der Waals surface area contributed by atoms with Gasteiger partial charge in [-0.2, -0.15) is 0 Å². The lowest BCUT2D eigenvalue weighted by molar-refractivity contribution is -0.148. The second kappa shape index (κ2) is 11.9. The van der Waals surface area contributed by atoms with E-state index < -0.39 is 36.9 Å². The van der Waals surface area contributed by atoms with E-state index in [1.807, 2.05) is 0 Å². The number of rotatable bonds is 12. The van der Waals surface area contributed by atoms with Crippen molar-refractivity contribution < 1.29 is 31.7 Å². The van der Waals surface area contributed by atoms with Crippen LogP contribution in [0, 0.1) is 0 Å². The van der Waals surface area contributed by atoms with Crippen LogP contribution in [0.4, 0.5) is 0 Å². The third kappa shape index (κ3) is 8.33. The molecule has 7 heteroatoms. The van der Waals surface area contributed by atoms with E-state index in [-0.39, 0.29) is 0 Å². The van der Waals surface area contributed by atoms with Gasteiger partial charge in [0.25, 0.3) is 5.91 Å². The van der Waals surface area contributed by atoms with Crippen LogP contribution in [0.5, 0.6) is 0 Å². The van der Waals surface area contributed by atoms with Gasteiger partial charge in [0.2, 0.25) is 0 Å². The van der Waals surface area contributed by atoms with Gasteiger partial charge in [-0.25, -0.2) is 0 Å². The zero-order chi connectivity index (χ0) is 17.0. The van der Waals surface area contributed by atoms with E-state index in [1.165, 1.54) is 0 Å². The smallest absolute Gasteiger partial charge is 0.251 e. The van der Waals surface area contributed by atoms with Crippen molar-refractivity contribution in [2.45, 2.75) is 69.8 Å². The molecule has 0 aromatic rings. The second-order valence-corrected chi connectivity index (χ2v) is 5.09. The summed E-state index contributed by atoms with van der Waals surface area (Å²) in [6, 6.07) is 0. The summed E-state index contributed by atoms with van der Waals surface area (Å²) >= 11 is 0. The molecule has 0 fully saturated rings. The first-order valence-corrected chi connectivity index (χ1v) is 7.35. The van der Waals surface area contributed by atoms with Crippen molar-refractivity contribution in [2.24, 2.45) is 0 Å². The Morgan fingerprint density at radius 3 is 2.29 bits per heavy atom. The first-order valence-electron chi connectivity index (χ1n) is 8.06. The molecular formula is C14H29NO6. The lowest BCUT2D eigenvalue weighted by Crippen LogP contribution is -2.51. The Labute approximate surface area is 127 Å². The molecule has 0 saturated carbocycles. The van der Waals surface area contributed by atoms with Crippen molar-refractivity contribution >= 4 is 5.91 Å². The van der Waals surface area contributed by atoms with Crippen molar-refractivity contribution in [2.75, 3.05) is 13.2 Å². The second-order valence-electron chi connectivity index (χ2n) is 5.09. The summed E-state index contributed by atoms with van der Waals surface area (Å²) in [6.07, 6.45) is -1.50. The summed E-state index contributed by atoms with van der Waals surface area (Å²) in [5.74, 6) is -0.828. The molecule has 0 spiro atoms. The molecule has 0 saturated heterocycles. The van der Waals surface area contributed by atoms with Crippen LogP contribution in [0.2, 0.25) is 0 Å². The Hall–Kier alpha value is -0.730. The first kappa shape index (κ1) is 18.3. The van der Waals surface area contributed by atoms with Crippen LogP contribution >= 0.6 is 0 Å². The van der Waals surface area contributed by atoms with Crippen molar-refractivity contribution in [1.29, 1.82) is 0 Å². The van der Waals surface area contributed by atoms with Crippen LogP contribution in [0.3, 0.4) is 0 Å². The summed E-state index contributed by atoms with van der Waals surface area (Å²) in [7, 11) is 0. The van der Waals surface area contributed by atoms with Gasteiger partial charge in [-0.3, -0.25) is 4.79 Å². The average Bonchev–Trinajstić information content (AvgIpc) is 2.54. The van der Waals surface area contributed by atoms with Gasteiger partial charge < -0.3 is 30.8 Å². The molecule has 7 nitrogen and oxygen atoms in total. The van der Waals surface area contributed by atoms with E-state index in [2.05, 4.69) is 5.32 Å². The van der Waals surface area contributed by atoms with Crippen molar-refractivity contribution in [3.05, 3.63) is 0 Å². The average molecular weight is 308 g/mol. The highest BCUT2D eigenvalue weighted by atomic mass is 16.4. The topological polar surface area (TPSA) is 130 Å². The number of aliphatic hydroxyl groups excluding tert-OH is 5. The quantitative estimate of drug-likeness (QED) is 0.254. The van der Waals surface area contributed by atoms with Crippen molar-refractivity contribution in [3.8, 4) is 0 Å². The number of hydrogen-bond donors (Lipinski definition) is 6. The molecule has 0 rings (SSSR count). The molecule has 21 heavy (non-hydrogen) atoms. The maximum absolute atomic E-state index is 11.6. The molecule has 0 bridgehead atoms. The minimum Gasteiger partial charge on any atom is -0.394 e. The van der Waals surface area contributed by atoms with E-state index in [1.54, 1.807) is 0 Å². The number of hydrogen-bond acceptors (Lipinski definition) is 6. The lowest BCUT2D eigenvalue weighted by atomic mass is 10.0. The van der Waals surface area contributed by atoms with Gasteiger partial charge in [0.15, 0.2) is 6.10 Å². The molecule has 0 aliphatic carbocycles. The predicted octanol–water partition coefficient (Wildman–Crippen LogP) is -1.10. The fourth-order valence-electron chi connectivity index (χ4n) is 1.83. The van der Waals surface area contributed by atoms with Gasteiger partial charge in [0.05, 0.1) is 6.61 Å². The Morgan fingerprint density at radius 2 is 1.67 bits per heavy atom. The highest BCUT2D eigenvalue weighted by Crippen LogP contribution is 2.06. The van der Waals surface area contributed by atoms with Gasteiger partial charge in [-0.05, 0) is 6.42 Å². The number of nitrogens with one attached hydrogen (secondary N) is 1. The van der Waals surface area contributed by atoms with Crippen LogP contribution in [-0.2, 0) is 4.79 Å². The molecular weight excluding hydrogens is 278 g/mol. The zero-order valence-electron chi connectivity index (χ0n) is 13.3. The molecule has 4 atom stereocenters. The molecule has 0 unspecified atom stereocenters. The van der Waals surface area contributed by atoms with Crippen molar-refractivity contribution in [3.63, 3.8) is 0 Å². The first-order chi connectivity index (χ1) is 10.5. The summed E-state index contributed by atoms with van der Waals surface area (Å²) in [4.78, 5) is 11.6. The van der Waals surface area contributed by atoms with Gasteiger partial charge in [-0.15, -0.1) is 0 Å². The standard InChI is InChI=1S/C14H29NO6/c1-2-3-4-5-6-7-8-15-14(21)13(20)12(19)11(18)10(17)9-16/h10-13,16-20H,2-9H2,1H3,(H,15,21)/t10-,11-,12+,13-/m1/s1/i1D. The van der Waals surface area contributed by atoms with E-state index in [4.69, 9.17) is 11.6 Å². The van der Waals surface area contributed by atoms with Gasteiger partial charge >= 0.3 is 0 Å². The summed E-state index contributed by atoms with van der Waals surface area (Å²) < 4.78 is 7.00. The van der Waals surface area contributed by atoms with E-state index in [0.717, 1.165) is 38.5 Å². The molecule has 0 aliphatic heterocycles. The molecule has 6 N–H and O–H groups in total. The van der Waals surface area contributed by atoms with Gasteiger partial charge in [0.1, 0.15) is 18.3 Å². The Morgan fingerprint density at radius 1 is 1.05 bits per heavy atom. The molecule has 0 aromatic heterocycles. The Bertz CT molecular complexity index is 295. The van der Waals surface area contributed by atoms with E-state index >= 15 is 0 Å². The zero-order valence-corrected chi connectivity index (χ0v) is 12.3. The Balaban J connectivity index is 3.82. The number of aliphatic hydroxyl groups is 5. The van der Waals surface area contributed by atoms with Gasteiger partial charge in [-0.1, -0.05) is 39.0 Å². The highest BCUT2D eigenvalue weighted by molar-refractivity contribution is 5.81. The van der Waals surface area contributed by atoms with Crippen LogP contribution in [0.1, 0.15) is 46.8 Å². The Kier molecular flexibility index (Phi) is 10.4. The van der Waals surface area contributed by atoms with Crippen LogP contribution in [0.25, 0.3) is 0 Å². The monoisotopic (exact) mass is 308 g/mol. The summed E-state index contributed by atoms with van der Waals surface area (Å²) in [5, 5.41) is 48.7. The van der Waals surface area contributed by atoms with Crippen LogP contribution < -0.4 is 5.32 Å². The normalized spacial score (nSPS) is 17.7. The number of carbonyl (C=O) groups excluding carboxylic acids is 1. The van der Waals surface area contributed by atoms with Gasteiger partial charge in [0, 0.05) is 7.92 Å². The summed E-state index contributed by atoms with van der Waals surface area (Å²) in [5.41, 5.74) is 0. The minimum absolute atomic E-state index is 0.347. The molecule has 126 valence electrons. The summed E-state index contributed by atoms with van der Waals surface area (Å²) in [6.45, 7) is 0.0135. The highest BCUT2D eigenvalue weighted by Gasteiger charge is 2.33. The van der Waals surface area contributed by atoms with E-state index in [9.17, 15) is 20.1 Å².